The molecule has 11 heteroatoms. The maximum absolute atomic E-state index is 14.5. The molecule has 1 unspecified atom stereocenters. The number of carbonyl (C=O) groups is 3. The molecule has 0 bridgehead atoms. The molecule has 40 heavy (non-hydrogen) atoms. The fraction of sp³-hybridized carbons (Fsp3) is 0.241. The van der Waals surface area contributed by atoms with Gasteiger partial charge in [-0.1, -0.05) is 29.8 Å². The quantitative estimate of drug-likeness (QED) is 0.367. The molecule has 3 aromatic rings. The standard InChI is InChI=1S/C29H24ClF2N3O5/c30-22-9-8-19(28(38)39)14-20(22)17-4-6-18(7-5-17)26(36)34-25(15-21-23(31)2-1-3-24(21)32)27(37)35-29(16-33)10-12-40-13-11-29/h1-9,14,25H,10-13,15H2,(H,34,36)(H,35,37)(H,38,39). The molecule has 0 aromatic heterocycles. The number of nitriles is 1. The van der Waals surface area contributed by atoms with Crippen molar-refractivity contribution >= 4 is 29.4 Å². The van der Waals surface area contributed by atoms with E-state index in [9.17, 15) is 33.5 Å². The summed E-state index contributed by atoms with van der Waals surface area (Å²) in [4.78, 5) is 37.8. The van der Waals surface area contributed by atoms with Gasteiger partial charge in [0, 0.05) is 54.2 Å². The molecular formula is C29H24ClF2N3O5. The predicted octanol–water partition coefficient (Wildman–Crippen LogP) is 4.51. The molecule has 1 saturated heterocycles. The average Bonchev–Trinajstić information content (AvgIpc) is 2.95. The van der Waals surface area contributed by atoms with Gasteiger partial charge in [0.05, 0.1) is 11.6 Å². The second-order valence-electron chi connectivity index (χ2n) is 9.30. The molecule has 3 aromatic carbocycles. The van der Waals surface area contributed by atoms with Gasteiger partial charge in [0.15, 0.2) is 0 Å². The topological polar surface area (TPSA) is 129 Å². The molecule has 0 spiro atoms. The Kier molecular flexibility index (Phi) is 8.77. The van der Waals surface area contributed by atoms with Crippen LogP contribution in [-0.2, 0) is 16.0 Å². The minimum atomic E-state index is -1.41. The number of aromatic carboxylic acids is 1. The van der Waals surface area contributed by atoms with Gasteiger partial charge in [-0.15, -0.1) is 0 Å². The van der Waals surface area contributed by atoms with Crippen LogP contribution in [0.25, 0.3) is 11.1 Å². The molecule has 1 aliphatic heterocycles. The fourth-order valence-electron chi connectivity index (χ4n) is 4.37. The first-order valence-corrected chi connectivity index (χ1v) is 12.7. The molecule has 1 atom stereocenters. The van der Waals surface area contributed by atoms with Gasteiger partial charge in [0.25, 0.3) is 5.91 Å². The van der Waals surface area contributed by atoms with Crippen molar-refractivity contribution in [3.63, 3.8) is 0 Å². The number of hydrogen-bond acceptors (Lipinski definition) is 5. The monoisotopic (exact) mass is 567 g/mol. The van der Waals surface area contributed by atoms with E-state index in [2.05, 4.69) is 16.7 Å². The van der Waals surface area contributed by atoms with E-state index in [0.717, 1.165) is 12.1 Å². The van der Waals surface area contributed by atoms with Crippen molar-refractivity contribution in [1.82, 2.24) is 10.6 Å². The van der Waals surface area contributed by atoms with E-state index in [4.69, 9.17) is 16.3 Å². The third-order valence-corrected chi connectivity index (χ3v) is 7.02. The van der Waals surface area contributed by atoms with E-state index >= 15 is 0 Å². The Balaban J connectivity index is 1.58. The van der Waals surface area contributed by atoms with Crippen molar-refractivity contribution in [1.29, 1.82) is 5.26 Å². The second-order valence-corrected chi connectivity index (χ2v) is 9.71. The van der Waals surface area contributed by atoms with Crippen molar-refractivity contribution in [3.8, 4) is 17.2 Å². The van der Waals surface area contributed by atoms with Gasteiger partial charge in [-0.3, -0.25) is 9.59 Å². The number of ether oxygens (including phenoxy) is 1. The number of halogens is 3. The highest BCUT2D eigenvalue weighted by Crippen LogP contribution is 2.29. The molecule has 2 amide bonds. The highest BCUT2D eigenvalue weighted by molar-refractivity contribution is 6.33. The molecule has 206 valence electrons. The first-order valence-electron chi connectivity index (χ1n) is 12.3. The van der Waals surface area contributed by atoms with Crippen LogP contribution in [0.3, 0.4) is 0 Å². The Labute approximate surface area is 233 Å². The van der Waals surface area contributed by atoms with Crippen molar-refractivity contribution in [2.75, 3.05) is 13.2 Å². The Bertz CT molecular complexity index is 1460. The second kappa shape index (κ2) is 12.2. The van der Waals surface area contributed by atoms with E-state index in [0.29, 0.717) is 16.1 Å². The van der Waals surface area contributed by atoms with E-state index in [-0.39, 0.29) is 42.7 Å². The Hall–Kier alpha value is -4.33. The third kappa shape index (κ3) is 6.45. The molecule has 0 saturated carbocycles. The predicted molar refractivity (Wildman–Crippen MR) is 142 cm³/mol. The van der Waals surface area contributed by atoms with Crippen LogP contribution in [0.1, 0.15) is 39.1 Å². The molecule has 0 aliphatic carbocycles. The number of nitrogens with zero attached hydrogens (tertiary/aromatic N) is 1. The van der Waals surface area contributed by atoms with Gasteiger partial charge in [0.1, 0.15) is 23.2 Å². The van der Waals surface area contributed by atoms with Crippen molar-refractivity contribution in [2.45, 2.75) is 30.8 Å². The van der Waals surface area contributed by atoms with Gasteiger partial charge in [-0.25, -0.2) is 13.6 Å². The maximum atomic E-state index is 14.5. The summed E-state index contributed by atoms with van der Waals surface area (Å²) in [5.74, 6) is -4.35. The van der Waals surface area contributed by atoms with E-state index in [1.807, 2.05) is 0 Å². The van der Waals surface area contributed by atoms with Crippen molar-refractivity contribution in [2.24, 2.45) is 0 Å². The van der Waals surface area contributed by atoms with Gasteiger partial charge in [-0.2, -0.15) is 5.26 Å². The van der Waals surface area contributed by atoms with E-state index in [1.54, 1.807) is 12.1 Å². The normalized spacial score (nSPS) is 14.9. The zero-order chi connectivity index (χ0) is 28.9. The minimum absolute atomic E-state index is 0.0371. The zero-order valence-electron chi connectivity index (χ0n) is 21.0. The van der Waals surface area contributed by atoms with Crippen LogP contribution < -0.4 is 10.6 Å². The zero-order valence-corrected chi connectivity index (χ0v) is 21.8. The van der Waals surface area contributed by atoms with Crippen LogP contribution in [0, 0.1) is 23.0 Å². The first-order chi connectivity index (χ1) is 19.1. The lowest BCUT2D eigenvalue weighted by atomic mass is 9.91. The molecule has 1 fully saturated rings. The van der Waals surface area contributed by atoms with Gasteiger partial charge < -0.3 is 20.5 Å². The molecular weight excluding hydrogens is 544 g/mol. The van der Waals surface area contributed by atoms with Gasteiger partial charge >= 0.3 is 5.97 Å². The lowest BCUT2D eigenvalue weighted by Gasteiger charge is -2.33. The van der Waals surface area contributed by atoms with Crippen molar-refractivity contribution < 1.29 is 33.0 Å². The summed E-state index contributed by atoms with van der Waals surface area (Å²) in [6, 6.07) is 14.2. The largest absolute Gasteiger partial charge is 0.478 e. The maximum Gasteiger partial charge on any atom is 0.335 e. The molecule has 8 nitrogen and oxygen atoms in total. The first kappa shape index (κ1) is 28.7. The Morgan fingerprint density at radius 3 is 2.25 bits per heavy atom. The summed E-state index contributed by atoms with van der Waals surface area (Å²) in [7, 11) is 0. The molecule has 1 aliphatic rings. The van der Waals surface area contributed by atoms with Crippen LogP contribution in [-0.4, -0.2) is 47.7 Å². The fourth-order valence-corrected chi connectivity index (χ4v) is 4.60. The summed E-state index contributed by atoms with van der Waals surface area (Å²) >= 11 is 6.24. The summed E-state index contributed by atoms with van der Waals surface area (Å²) in [6.45, 7) is 0.497. The SMILES string of the molecule is N#CC1(NC(=O)C(Cc2c(F)cccc2F)NC(=O)c2ccc(-c3cc(C(=O)O)ccc3Cl)cc2)CCOCC1. The minimum Gasteiger partial charge on any atom is -0.478 e. The number of benzene rings is 3. The van der Waals surface area contributed by atoms with Crippen LogP contribution in [0.15, 0.2) is 60.7 Å². The van der Waals surface area contributed by atoms with Crippen LogP contribution >= 0.6 is 11.6 Å². The number of amides is 2. The van der Waals surface area contributed by atoms with E-state index < -0.39 is 47.4 Å². The lowest BCUT2D eigenvalue weighted by molar-refractivity contribution is -0.125. The molecule has 3 N–H and O–H groups in total. The van der Waals surface area contributed by atoms with E-state index in [1.165, 1.54) is 36.4 Å². The highest BCUT2D eigenvalue weighted by Gasteiger charge is 2.37. The number of rotatable bonds is 8. The Morgan fingerprint density at radius 1 is 1.02 bits per heavy atom. The summed E-state index contributed by atoms with van der Waals surface area (Å²) < 4.78 is 34.2. The van der Waals surface area contributed by atoms with Gasteiger partial charge in [-0.05, 0) is 48.0 Å². The summed E-state index contributed by atoms with van der Waals surface area (Å²) in [5, 5.41) is 24.5. The average molecular weight is 568 g/mol. The number of carbonyl (C=O) groups excluding carboxylic acids is 2. The third-order valence-electron chi connectivity index (χ3n) is 6.69. The smallest absolute Gasteiger partial charge is 0.335 e. The highest BCUT2D eigenvalue weighted by atomic mass is 35.5. The number of carboxylic acid groups (broad SMARTS) is 1. The van der Waals surface area contributed by atoms with Crippen molar-refractivity contribution in [3.05, 3.63) is 94.0 Å². The van der Waals surface area contributed by atoms with Gasteiger partial charge in [0.2, 0.25) is 5.91 Å². The van der Waals surface area contributed by atoms with Crippen LogP contribution in [0.5, 0.6) is 0 Å². The molecule has 0 radical (unpaired) electrons. The number of carboxylic acids is 1. The summed E-state index contributed by atoms with van der Waals surface area (Å²) in [5.41, 5.74) is -0.472. The number of nitrogens with one attached hydrogen (secondary N) is 2. The van der Waals surface area contributed by atoms with Crippen LogP contribution in [0.2, 0.25) is 5.02 Å². The lowest BCUT2D eigenvalue weighted by Crippen LogP contribution is -2.57. The summed E-state index contributed by atoms with van der Waals surface area (Å²) in [6.07, 6.45) is -0.0576. The molecule has 1 heterocycles. The van der Waals surface area contributed by atoms with Crippen LogP contribution in [0.4, 0.5) is 8.78 Å². The molecule has 4 rings (SSSR count). The number of hydrogen-bond donors (Lipinski definition) is 3. The Morgan fingerprint density at radius 2 is 1.65 bits per heavy atom.